The van der Waals surface area contributed by atoms with Gasteiger partial charge in [-0.25, -0.2) is 0 Å². The average molecular weight is 328 g/mol. The Kier molecular flexibility index (Phi) is 4.72. The van der Waals surface area contributed by atoms with Crippen LogP contribution in [0.15, 0.2) is 4.79 Å². The smallest absolute Gasteiger partial charge is 0.266 e. The maximum atomic E-state index is 12.6. The van der Waals surface area contributed by atoms with Gasteiger partial charge >= 0.3 is 0 Å². The fraction of sp³-hybridized carbons (Fsp3) is 0.611. The molecule has 6 nitrogen and oxygen atoms in total. The van der Waals surface area contributed by atoms with Crippen LogP contribution in [0.4, 0.5) is 0 Å². The zero-order chi connectivity index (χ0) is 17.3. The summed E-state index contributed by atoms with van der Waals surface area (Å²) < 4.78 is 0. The van der Waals surface area contributed by atoms with Crippen LogP contribution in [0.5, 0.6) is 0 Å². The normalized spacial score (nSPS) is 23.0. The number of nitrogens with one attached hydrogen (secondary N) is 2. The van der Waals surface area contributed by atoms with Crippen molar-refractivity contribution < 1.29 is 4.79 Å². The van der Waals surface area contributed by atoms with Gasteiger partial charge in [0, 0.05) is 37.3 Å². The van der Waals surface area contributed by atoms with Gasteiger partial charge in [0.25, 0.3) is 5.56 Å². The Labute approximate surface area is 141 Å². The van der Waals surface area contributed by atoms with Crippen molar-refractivity contribution in [3.8, 4) is 6.07 Å². The van der Waals surface area contributed by atoms with Crippen LogP contribution in [0.3, 0.4) is 0 Å². The van der Waals surface area contributed by atoms with E-state index in [0.29, 0.717) is 30.5 Å². The van der Waals surface area contributed by atoms with E-state index >= 15 is 0 Å². The molecule has 3 rings (SSSR count). The van der Waals surface area contributed by atoms with Crippen molar-refractivity contribution in [3.63, 3.8) is 0 Å². The van der Waals surface area contributed by atoms with Gasteiger partial charge in [0.15, 0.2) is 0 Å². The van der Waals surface area contributed by atoms with Crippen molar-refractivity contribution in [1.29, 1.82) is 5.26 Å². The minimum absolute atomic E-state index is 0.152. The molecule has 0 spiro atoms. The number of likely N-dealkylation sites (tertiary alicyclic amines) is 1. The number of rotatable bonds is 3. The number of H-pyrrole nitrogens is 1. The second-order valence-corrected chi connectivity index (χ2v) is 6.94. The first kappa shape index (κ1) is 16.7. The third-order valence-electron chi connectivity index (χ3n) is 5.39. The van der Waals surface area contributed by atoms with Crippen molar-refractivity contribution >= 4 is 5.91 Å². The summed E-state index contributed by atoms with van der Waals surface area (Å²) >= 11 is 0. The Morgan fingerprint density at radius 3 is 2.79 bits per heavy atom. The van der Waals surface area contributed by atoms with E-state index in [4.69, 9.17) is 5.26 Å². The summed E-state index contributed by atoms with van der Waals surface area (Å²) in [4.78, 5) is 29.1. The molecule has 1 aromatic rings. The van der Waals surface area contributed by atoms with E-state index in [-0.39, 0.29) is 17.0 Å². The molecule has 2 unspecified atom stereocenters. The predicted octanol–water partition coefficient (Wildman–Crippen LogP) is 1.15. The van der Waals surface area contributed by atoms with Gasteiger partial charge in [-0.3, -0.25) is 9.59 Å². The molecule has 2 bridgehead atoms. The maximum absolute atomic E-state index is 12.6. The van der Waals surface area contributed by atoms with Crippen LogP contribution in [0.2, 0.25) is 0 Å². The molecule has 0 saturated carbocycles. The minimum Gasteiger partial charge on any atom is -0.341 e. The lowest BCUT2D eigenvalue weighted by molar-refractivity contribution is -0.131. The lowest BCUT2D eigenvalue weighted by Gasteiger charge is -2.24. The number of hydrogen-bond acceptors (Lipinski definition) is 4. The number of amides is 1. The molecule has 3 heterocycles. The molecule has 128 valence electrons. The predicted molar refractivity (Wildman–Crippen MR) is 90.7 cm³/mol. The van der Waals surface area contributed by atoms with Crippen LogP contribution in [-0.4, -0.2) is 41.0 Å². The molecule has 2 aliphatic heterocycles. The van der Waals surface area contributed by atoms with E-state index in [1.165, 1.54) is 6.42 Å². The maximum Gasteiger partial charge on any atom is 0.266 e. The summed E-state index contributed by atoms with van der Waals surface area (Å²) in [6, 6.07) is 2.96. The van der Waals surface area contributed by atoms with E-state index in [1.807, 2.05) is 17.9 Å². The Morgan fingerprint density at radius 1 is 1.29 bits per heavy atom. The standard InChI is InChI=1S/C18H24N4O2/c1-11-15(12(2)20-18(24)16(11)9-19)5-6-17(23)22-8-7-13-3-4-14(10-22)21-13/h13-14,21H,3-8,10H2,1-2H3,(H,20,24). The van der Waals surface area contributed by atoms with Crippen LogP contribution < -0.4 is 10.9 Å². The van der Waals surface area contributed by atoms with Crippen molar-refractivity contribution in [3.05, 3.63) is 32.7 Å². The SMILES string of the molecule is Cc1[nH]c(=O)c(C#N)c(C)c1CCC(=O)N1CCC2CCC(C1)N2. The number of nitriles is 1. The molecule has 2 aliphatic rings. The number of aromatic nitrogens is 1. The molecule has 0 aromatic carbocycles. The first-order valence-corrected chi connectivity index (χ1v) is 8.66. The number of pyridine rings is 1. The number of aryl methyl sites for hydroxylation is 1. The van der Waals surface area contributed by atoms with Crippen molar-refractivity contribution in [2.24, 2.45) is 0 Å². The molecule has 1 amide bonds. The van der Waals surface area contributed by atoms with E-state index in [9.17, 15) is 9.59 Å². The van der Waals surface area contributed by atoms with Crippen LogP contribution in [-0.2, 0) is 11.2 Å². The van der Waals surface area contributed by atoms with Gasteiger partial charge in [-0.05, 0) is 50.7 Å². The van der Waals surface area contributed by atoms with Crippen molar-refractivity contribution in [2.75, 3.05) is 13.1 Å². The number of fused-ring (bicyclic) bond motifs is 2. The fourth-order valence-corrected chi connectivity index (χ4v) is 3.98. The highest BCUT2D eigenvalue weighted by Gasteiger charge is 2.31. The molecular formula is C18H24N4O2. The Hall–Kier alpha value is -2.13. The monoisotopic (exact) mass is 328 g/mol. The number of carbonyl (C=O) groups excluding carboxylic acids is 1. The van der Waals surface area contributed by atoms with Crippen molar-refractivity contribution in [2.45, 2.75) is 58.0 Å². The highest BCUT2D eigenvalue weighted by Crippen LogP contribution is 2.21. The van der Waals surface area contributed by atoms with E-state index in [1.54, 1.807) is 6.92 Å². The Bertz CT molecular complexity index is 747. The molecule has 1 aromatic heterocycles. The second kappa shape index (κ2) is 6.78. The van der Waals surface area contributed by atoms with Gasteiger partial charge in [0.2, 0.25) is 5.91 Å². The summed E-state index contributed by atoms with van der Waals surface area (Å²) in [5.74, 6) is 0.160. The number of hydrogen-bond donors (Lipinski definition) is 2. The van der Waals surface area contributed by atoms with Crippen LogP contribution >= 0.6 is 0 Å². The molecule has 0 aliphatic carbocycles. The first-order chi connectivity index (χ1) is 11.5. The number of nitrogens with zero attached hydrogens (tertiary/aromatic N) is 2. The van der Waals surface area contributed by atoms with Crippen LogP contribution in [0, 0.1) is 25.2 Å². The molecule has 2 atom stereocenters. The zero-order valence-corrected chi connectivity index (χ0v) is 14.3. The van der Waals surface area contributed by atoms with Gasteiger partial charge in [-0.15, -0.1) is 0 Å². The van der Waals surface area contributed by atoms with Gasteiger partial charge in [-0.1, -0.05) is 0 Å². The van der Waals surface area contributed by atoms with Crippen LogP contribution in [0.1, 0.15) is 48.1 Å². The molecule has 2 fully saturated rings. The molecule has 6 heteroatoms. The summed E-state index contributed by atoms with van der Waals surface area (Å²) in [6.45, 7) is 5.22. The quantitative estimate of drug-likeness (QED) is 0.871. The average Bonchev–Trinajstić information content (AvgIpc) is 2.86. The van der Waals surface area contributed by atoms with E-state index in [0.717, 1.165) is 37.2 Å². The van der Waals surface area contributed by atoms with Gasteiger partial charge in [-0.2, -0.15) is 5.26 Å². The number of carbonyl (C=O) groups is 1. The number of aromatic amines is 1. The summed E-state index contributed by atoms with van der Waals surface area (Å²) in [7, 11) is 0. The lowest BCUT2D eigenvalue weighted by atomic mass is 9.98. The van der Waals surface area contributed by atoms with Gasteiger partial charge in [0.05, 0.1) is 0 Å². The molecule has 24 heavy (non-hydrogen) atoms. The molecular weight excluding hydrogens is 304 g/mol. The lowest BCUT2D eigenvalue weighted by Crippen LogP contribution is -2.39. The second-order valence-electron chi connectivity index (χ2n) is 6.94. The van der Waals surface area contributed by atoms with Crippen molar-refractivity contribution in [1.82, 2.24) is 15.2 Å². The zero-order valence-electron chi connectivity index (χ0n) is 14.3. The minimum atomic E-state index is -0.350. The third kappa shape index (κ3) is 3.22. The largest absolute Gasteiger partial charge is 0.341 e. The fourth-order valence-electron chi connectivity index (χ4n) is 3.98. The highest BCUT2D eigenvalue weighted by atomic mass is 16.2. The third-order valence-corrected chi connectivity index (χ3v) is 5.39. The Balaban J connectivity index is 1.69. The highest BCUT2D eigenvalue weighted by molar-refractivity contribution is 5.76. The molecule has 0 radical (unpaired) electrons. The van der Waals surface area contributed by atoms with E-state index in [2.05, 4.69) is 10.3 Å². The topological polar surface area (TPSA) is 89.0 Å². The summed E-state index contributed by atoms with van der Waals surface area (Å²) in [5, 5.41) is 12.7. The van der Waals surface area contributed by atoms with Gasteiger partial charge < -0.3 is 15.2 Å². The molecule has 2 N–H and O–H groups in total. The first-order valence-electron chi connectivity index (χ1n) is 8.66. The van der Waals surface area contributed by atoms with Crippen LogP contribution in [0.25, 0.3) is 0 Å². The van der Waals surface area contributed by atoms with Gasteiger partial charge in [0.1, 0.15) is 11.6 Å². The molecule has 2 saturated heterocycles. The Morgan fingerprint density at radius 2 is 2.04 bits per heavy atom. The summed E-state index contributed by atoms with van der Waals surface area (Å²) in [6.07, 6.45) is 4.37. The van der Waals surface area contributed by atoms with E-state index < -0.39 is 0 Å². The summed E-state index contributed by atoms with van der Waals surface area (Å²) in [5.41, 5.74) is 2.16.